The molecule has 0 aromatic carbocycles. The van der Waals surface area contributed by atoms with Crippen LogP contribution in [-0.2, 0) is 6.18 Å². The van der Waals surface area contributed by atoms with Gasteiger partial charge in [0.2, 0.25) is 5.88 Å². The number of ether oxygens (including phenoxy) is 2. The van der Waals surface area contributed by atoms with Crippen molar-refractivity contribution in [3.05, 3.63) is 17.3 Å². The van der Waals surface area contributed by atoms with E-state index in [9.17, 15) is 31.1 Å². The Balaban J connectivity index is 3.43. The molecule has 0 atom stereocenters. The summed E-state index contributed by atoms with van der Waals surface area (Å²) in [5.41, 5.74) is -2.54. The highest BCUT2D eigenvalue weighted by Gasteiger charge is 2.40. The third kappa shape index (κ3) is 3.73. The molecule has 0 fully saturated rings. The number of aldehydes is 1. The van der Waals surface area contributed by atoms with Gasteiger partial charge >= 0.3 is 12.5 Å². The van der Waals surface area contributed by atoms with Gasteiger partial charge in [-0.3, -0.25) is 4.79 Å². The normalized spacial score (nSPS) is 12.2. The average molecular weight is 289 g/mol. The Bertz CT molecular complexity index is 482. The molecule has 1 aromatic rings. The van der Waals surface area contributed by atoms with Crippen molar-refractivity contribution in [2.45, 2.75) is 12.5 Å². The molecule has 0 saturated heterocycles. The Hall–Kier alpha value is -2.00. The zero-order valence-electron chi connectivity index (χ0n) is 9.09. The van der Waals surface area contributed by atoms with Crippen LogP contribution in [0.2, 0.25) is 0 Å². The van der Waals surface area contributed by atoms with Gasteiger partial charge < -0.3 is 9.47 Å². The molecule has 1 rings (SSSR count). The van der Waals surface area contributed by atoms with Crippen LogP contribution in [0.1, 0.15) is 16.1 Å². The van der Waals surface area contributed by atoms with Gasteiger partial charge in [-0.15, -0.1) is 13.2 Å². The van der Waals surface area contributed by atoms with E-state index in [1.165, 1.54) is 0 Å². The second kappa shape index (κ2) is 4.94. The molecule has 0 bridgehead atoms. The van der Waals surface area contributed by atoms with E-state index >= 15 is 0 Å². The second-order valence-electron chi connectivity index (χ2n) is 3.09. The lowest BCUT2D eigenvalue weighted by Crippen LogP contribution is -2.20. The molecule has 1 aromatic heterocycles. The van der Waals surface area contributed by atoms with Crippen LogP contribution in [0.3, 0.4) is 0 Å². The molecule has 19 heavy (non-hydrogen) atoms. The Morgan fingerprint density at radius 1 is 1.21 bits per heavy atom. The van der Waals surface area contributed by atoms with Crippen molar-refractivity contribution in [1.29, 1.82) is 0 Å². The van der Waals surface area contributed by atoms with Crippen LogP contribution in [0.25, 0.3) is 0 Å². The van der Waals surface area contributed by atoms with E-state index in [1.54, 1.807) is 0 Å². The number of pyridine rings is 1. The molecule has 0 aliphatic carbocycles. The smallest absolute Gasteiger partial charge is 0.494 e. The number of hydrogen-bond acceptors (Lipinski definition) is 4. The first-order chi connectivity index (χ1) is 8.58. The zero-order chi connectivity index (χ0) is 14.8. The van der Waals surface area contributed by atoms with Crippen molar-refractivity contribution in [2.75, 3.05) is 7.11 Å². The predicted octanol–water partition coefficient (Wildman–Crippen LogP) is 2.82. The highest BCUT2D eigenvalue weighted by molar-refractivity contribution is 5.80. The van der Waals surface area contributed by atoms with E-state index in [4.69, 9.17) is 0 Å². The van der Waals surface area contributed by atoms with Crippen LogP contribution in [0.5, 0.6) is 11.6 Å². The molecule has 106 valence electrons. The largest absolute Gasteiger partial charge is 0.574 e. The molecular weight excluding hydrogens is 284 g/mol. The van der Waals surface area contributed by atoms with E-state index in [-0.39, 0.29) is 6.29 Å². The molecule has 0 N–H and O–H groups in total. The summed E-state index contributed by atoms with van der Waals surface area (Å²) in [6, 6.07) is 0.397. The average Bonchev–Trinajstić information content (AvgIpc) is 2.24. The van der Waals surface area contributed by atoms with E-state index < -0.39 is 35.4 Å². The van der Waals surface area contributed by atoms with Crippen LogP contribution in [-0.4, -0.2) is 24.7 Å². The molecule has 0 aliphatic heterocycles. The number of nitrogens with zero attached hydrogens (tertiary/aromatic N) is 1. The Kier molecular flexibility index (Phi) is 3.91. The first-order valence-corrected chi connectivity index (χ1v) is 4.45. The second-order valence-corrected chi connectivity index (χ2v) is 3.09. The van der Waals surface area contributed by atoms with E-state index in [0.29, 0.717) is 6.07 Å². The molecule has 4 nitrogen and oxygen atoms in total. The fourth-order valence-corrected chi connectivity index (χ4v) is 1.19. The van der Waals surface area contributed by atoms with Gasteiger partial charge in [-0.2, -0.15) is 13.2 Å². The maximum absolute atomic E-state index is 12.6. The number of methoxy groups -OCH3 is 1. The van der Waals surface area contributed by atoms with E-state index in [0.717, 1.165) is 7.11 Å². The third-order valence-corrected chi connectivity index (χ3v) is 1.80. The lowest BCUT2D eigenvalue weighted by molar-refractivity contribution is -0.276. The summed E-state index contributed by atoms with van der Waals surface area (Å²) in [5.74, 6) is -2.38. The summed E-state index contributed by atoms with van der Waals surface area (Å²) in [7, 11) is 0.823. The zero-order valence-corrected chi connectivity index (χ0v) is 9.09. The summed E-state index contributed by atoms with van der Waals surface area (Å²) in [5, 5.41) is 0. The molecule has 0 radical (unpaired) electrons. The minimum atomic E-state index is -5.23. The topological polar surface area (TPSA) is 48.4 Å². The maximum atomic E-state index is 12.6. The van der Waals surface area contributed by atoms with Crippen LogP contribution >= 0.6 is 0 Å². The van der Waals surface area contributed by atoms with Crippen molar-refractivity contribution in [3.63, 3.8) is 0 Å². The monoisotopic (exact) mass is 289 g/mol. The van der Waals surface area contributed by atoms with Crippen molar-refractivity contribution < 1.29 is 40.6 Å². The molecule has 10 heteroatoms. The maximum Gasteiger partial charge on any atom is 0.574 e. The first-order valence-electron chi connectivity index (χ1n) is 4.45. The van der Waals surface area contributed by atoms with Gasteiger partial charge in [-0.25, -0.2) is 4.98 Å². The minimum absolute atomic E-state index is 0.0982. The van der Waals surface area contributed by atoms with Crippen molar-refractivity contribution in [2.24, 2.45) is 0 Å². The summed E-state index contributed by atoms with van der Waals surface area (Å²) >= 11 is 0. The SMILES string of the molecule is COc1c(C=O)cc(OC(F)(F)F)nc1C(F)(F)F. The highest BCUT2D eigenvalue weighted by Crippen LogP contribution is 2.38. The number of alkyl halides is 6. The predicted molar refractivity (Wildman–Crippen MR) is 47.9 cm³/mol. The van der Waals surface area contributed by atoms with Gasteiger partial charge in [-0.05, 0) is 0 Å². The summed E-state index contributed by atoms with van der Waals surface area (Å²) in [6.07, 6.45) is -10.4. The van der Waals surface area contributed by atoms with Gasteiger partial charge in [0.15, 0.2) is 17.7 Å². The Morgan fingerprint density at radius 2 is 1.79 bits per heavy atom. The van der Waals surface area contributed by atoms with E-state index in [2.05, 4.69) is 14.5 Å². The fraction of sp³-hybridized carbons (Fsp3) is 0.333. The number of carbonyl (C=O) groups excluding carboxylic acids is 1. The number of aromatic nitrogens is 1. The molecule has 0 saturated carbocycles. The van der Waals surface area contributed by atoms with Crippen LogP contribution < -0.4 is 9.47 Å². The lowest BCUT2D eigenvalue weighted by Gasteiger charge is -2.15. The first kappa shape index (κ1) is 15.1. The van der Waals surface area contributed by atoms with Gasteiger partial charge in [0, 0.05) is 6.07 Å². The van der Waals surface area contributed by atoms with Crippen LogP contribution in [0.15, 0.2) is 6.07 Å². The molecule has 0 spiro atoms. The third-order valence-electron chi connectivity index (χ3n) is 1.80. The summed E-state index contributed by atoms with van der Waals surface area (Å²) < 4.78 is 81.1. The summed E-state index contributed by atoms with van der Waals surface area (Å²) in [4.78, 5) is 13.2. The standard InChI is InChI=1S/C9H5F6NO3/c1-18-6-4(3-17)2-5(19-9(13,14)15)16-7(6)8(10,11)12/h2-3H,1H3. The molecule has 0 aliphatic rings. The van der Waals surface area contributed by atoms with Crippen molar-refractivity contribution in [3.8, 4) is 11.6 Å². The van der Waals surface area contributed by atoms with Gasteiger partial charge in [0.25, 0.3) is 0 Å². The van der Waals surface area contributed by atoms with Crippen LogP contribution in [0.4, 0.5) is 26.3 Å². The lowest BCUT2D eigenvalue weighted by atomic mass is 10.2. The quantitative estimate of drug-likeness (QED) is 0.634. The Labute approximate surface area is 101 Å². The van der Waals surface area contributed by atoms with Gasteiger partial charge in [0.05, 0.1) is 12.7 Å². The van der Waals surface area contributed by atoms with E-state index in [1.807, 2.05) is 0 Å². The number of hydrogen-bond donors (Lipinski definition) is 0. The highest BCUT2D eigenvalue weighted by atomic mass is 19.4. The fourth-order valence-electron chi connectivity index (χ4n) is 1.19. The number of rotatable bonds is 3. The number of halogens is 6. The minimum Gasteiger partial charge on any atom is -0.494 e. The molecule has 0 amide bonds. The Morgan fingerprint density at radius 3 is 2.16 bits per heavy atom. The van der Waals surface area contributed by atoms with Crippen LogP contribution in [0, 0.1) is 0 Å². The van der Waals surface area contributed by atoms with Gasteiger partial charge in [0.1, 0.15) is 0 Å². The molecule has 1 heterocycles. The number of carbonyl (C=O) groups is 1. The van der Waals surface area contributed by atoms with Gasteiger partial charge in [-0.1, -0.05) is 0 Å². The molecular formula is C9H5F6NO3. The van der Waals surface area contributed by atoms with Crippen molar-refractivity contribution >= 4 is 6.29 Å². The van der Waals surface area contributed by atoms with Crippen molar-refractivity contribution in [1.82, 2.24) is 4.98 Å². The molecule has 0 unspecified atom stereocenters. The summed E-state index contributed by atoms with van der Waals surface area (Å²) in [6.45, 7) is 0.